The van der Waals surface area contributed by atoms with Gasteiger partial charge in [-0.15, -0.1) is 0 Å². The van der Waals surface area contributed by atoms with Crippen molar-refractivity contribution in [1.82, 2.24) is 15.1 Å². The van der Waals surface area contributed by atoms with Crippen LogP contribution < -0.4 is 5.73 Å². The van der Waals surface area contributed by atoms with E-state index in [9.17, 15) is 4.79 Å². The minimum atomic E-state index is -0.139. The first kappa shape index (κ1) is 11.5. The maximum atomic E-state index is 11.9. The Labute approximate surface area is 93.3 Å². The number of aromatic nitrogens is 2. The summed E-state index contributed by atoms with van der Waals surface area (Å²) in [4.78, 5) is 13.7. The summed E-state index contributed by atoms with van der Waals surface area (Å²) in [6.45, 7) is 2.70. The molecule has 0 unspecified atom stereocenters. The first-order chi connectivity index (χ1) is 7.15. The molecule has 1 aromatic heterocycles. The summed E-state index contributed by atoms with van der Waals surface area (Å²) in [5.74, 6) is -0.139. The highest BCUT2D eigenvalue weighted by atomic mass is 32.1. The van der Waals surface area contributed by atoms with Gasteiger partial charge in [-0.1, -0.05) is 12.2 Å². The smallest absolute Gasteiger partial charge is 0.255 e. The van der Waals surface area contributed by atoms with E-state index < -0.39 is 0 Å². The fourth-order valence-corrected chi connectivity index (χ4v) is 1.27. The molecule has 0 aromatic carbocycles. The number of nitrogens with zero attached hydrogens (tertiary/aromatic N) is 3. The molecule has 1 rings (SSSR count). The average molecular weight is 224 g/mol. The van der Waals surface area contributed by atoms with Crippen molar-refractivity contribution in [1.29, 1.82) is 0 Å². The highest BCUT2D eigenvalue weighted by Crippen LogP contribution is 2.01. The zero-order valence-electron chi connectivity index (χ0n) is 8.38. The molecule has 0 aliphatic rings. The molecule has 2 N–H and O–H groups in total. The molecule has 1 amide bonds. The van der Waals surface area contributed by atoms with Crippen LogP contribution >= 0.6 is 12.2 Å². The second kappa shape index (κ2) is 5.35. The van der Waals surface area contributed by atoms with Crippen LogP contribution in [-0.4, -0.2) is 39.1 Å². The molecule has 0 radical (unpaired) electrons. The van der Waals surface area contributed by atoms with E-state index in [0.717, 1.165) is 0 Å². The van der Waals surface area contributed by atoms with Gasteiger partial charge >= 0.3 is 0 Å². The second-order valence-electron chi connectivity index (χ2n) is 2.92. The van der Waals surface area contributed by atoms with Gasteiger partial charge in [0.05, 0.1) is 29.5 Å². The largest absolute Gasteiger partial charge is 0.392 e. The van der Waals surface area contributed by atoms with Gasteiger partial charge in [0, 0.05) is 6.54 Å². The maximum absolute atomic E-state index is 11.9. The zero-order valence-corrected chi connectivity index (χ0v) is 9.20. The Morgan fingerprint density at radius 1 is 1.60 bits per heavy atom. The molecule has 0 spiro atoms. The molecule has 0 fully saturated rings. The Hall–Kier alpha value is -1.56. The number of nitrogens with two attached hydrogens (primary N) is 1. The van der Waals surface area contributed by atoms with Crippen LogP contribution in [0.25, 0.3) is 0 Å². The number of hydrogen-bond acceptors (Lipinski definition) is 4. The van der Waals surface area contributed by atoms with Crippen LogP contribution in [-0.2, 0) is 0 Å². The maximum Gasteiger partial charge on any atom is 0.255 e. The van der Waals surface area contributed by atoms with Crippen molar-refractivity contribution in [3.63, 3.8) is 0 Å². The topological polar surface area (TPSA) is 72.1 Å². The number of likely N-dealkylation sites (N-methyl/N-ethyl adjacent to an activating group) is 1. The van der Waals surface area contributed by atoms with Gasteiger partial charge in [0.2, 0.25) is 0 Å². The molecule has 5 nitrogen and oxygen atoms in total. The standard InChI is InChI=1S/C9H12N4OS/c1-2-13(6-8(10)15)9(14)7-3-4-11-12-5-7/h3-5H,2,6H2,1H3,(H2,10,15). The number of carbonyl (C=O) groups is 1. The predicted octanol–water partition coefficient (Wildman–Crippen LogP) is 0.225. The summed E-state index contributed by atoms with van der Waals surface area (Å²) < 4.78 is 0. The van der Waals surface area contributed by atoms with E-state index in [4.69, 9.17) is 18.0 Å². The number of thiocarbonyl (C=S) groups is 1. The van der Waals surface area contributed by atoms with Crippen molar-refractivity contribution in [3.05, 3.63) is 24.0 Å². The van der Waals surface area contributed by atoms with E-state index in [2.05, 4.69) is 10.2 Å². The van der Waals surface area contributed by atoms with Crippen LogP contribution in [0.5, 0.6) is 0 Å². The molecular weight excluding hydrogens is 212 g/mol. The Bertz CT molecular complexity index is 354. The third-order valence-electron chi connectivity index (χ3n) is 1.85. The molecule has 0 aliphatic carbocycles. The molecule has 1 aromatic rings. The van der Waals surface area contributed by atoms with Crippen molar-refractivity contribution in [2.75, 3.05) is 13.1 Å². The first-order valence-corrected chi connectivity index (χ1v) is 4.90. The highest BCUT2D eigenvalue weighted by molar-refractivity contribution is 7.80. The summed E-state index contributed by atoms with van der Waals surface area (Å²) in [6, 6.07) is 1.61. The SMILES string of the molecule is CCN(CC(N)=S)C(=O)c1ccnnc1. The fraction of sp³-hybridized carbons (Fsp3) is 0.333. The molecule has 1 heterocycles. The summed E-state index contributed by atoms with van der Waals surface area (Å²) in [5, 5.41) is 7.24. The summed E-state index contributed by atoms with van der Waals surface area (Å²) in [6.07, 6.45) is 2.90. The summed E-state index contributed by atoms with van der Waals surface area (Å²) in [5.41, 5.74) is 5.88. The van der Waals surface area contributed by atoms with Gasteiger partial charge in [-0.2, -0.15) is 10.2 Å². The molecule has 80 valence electrons. The quantitative estimate of drug-likeness (QED) is 0.741. The van der Waals surface area contributed by atoms with Crippen LogP contribution in [0, 0.1) is 0 Å². The number of carbonyl (C=O) groups excluding carboxylic acids is 1. The lowest BCUT2D eigenvalue weighted by Gasteiger charge is -2.19. The van der Waals surface area contributed by atoms with Crippen LogP contribution in [0.2, 0.25) is 0 Å². The Balaban J connectivity index is 2.78. The van der Waals surface area contributed by atoms with Gasteiger partial charge in [0.1, 0.15) is 0 Å². The number of rotatable bonds is 4. The van der Waals surface area contributed by atoms with Gasteiger partial charge in [-0.25, -0.2) is 0 Å². The lowest BCUT2D eigenvalue weighted by Crippen LogP contribution is -2.37. The lowest BCUT2D eigenvalue weighted by molar-refractivity contribution is 0.0787. The molecule has 0 bridgehead atoms. The number of amides is 1. The molecule has 0 atom stereocenters. The van der Waals surface area contributed by atoms with Crippen LogP contribution in [0.1, 0.15) is 17.3 Å². The average Bonchev–Trinajstić information content (AvgIpc) is 2.26. The molecule has 0 aliphatic heterocycles. The van der Waals surface area contributed by atoms with Gasteiger partial charge in [-0.3, -0.25) is 4.79 Å². The Morgan fingerprint density at radius 2 is 2.33 bits per heavy atom. The van der Waals surface area contributed by atoms with E-state index >= 15 is 0 Å². The van der Waals surface area contributed by atoms with E-state index in [1.54, 1.807) is 11.0 Å². The van der Waals surface area contributed by atoms with E-state index in [1.165, 1.54) is 12.4 Å². The van der Waals surface area contributed by atoms with Crippen LogP contribution in [0.15, 0.2) is 18.5 Å². The minimum absolute atomic E-state index is 0.139. The van der Waals surface area contributed by atoms with Gasteiger partial charge in [0.15, 0.2) is 0 Å². The second-order valence-corrected chi connectivity index (χ2v) is 3.44. The third-order valence-corrected chi connectivity index (χ3v) is 1.98. The molecule has 0 saturated carbocycles. The van der Waals surface area contributed by atoms with Crippen LogP contribution in [0.4, 0.5) is 0 Å². The normalized spacial score (nSPS) is 9.67. The molecule has 0 saturated heterocycles. The van der Waals surface area contributed by atoms with Crippen molar-refractivity contribution in [2.45, 2.75) is 6.92 Å². The Kier molecular flexibility index (Phi) is 4.11. The van der Waals surface area contributed by atoms with E-state index in [0.29, 0.717) is 17.1 Å². The zero-order chi connectivity index (χ0) is 11.3. The predicted molar refractivity (Wildman–Crippen MR) is 60.4 cm³/mol. The van der Waals surface area contributed by atoms with Crippen molar-refractivity contribution < 1.29 is 4.79 Å². The van der Waals surface area contributed by atoms with Crippen molar-refractivity contribution >= 4 is 23.1 Å². The van der Waals surface area contributed by atoms with Gasteiger partial charge in [-0.05, 0) is 13.0 Å². The van der Waals surface area contributed by atoms with E-state index in [1.807, 2.05) is 6.92 Å². The monoisotopic (exact) mass is 224 g/mol. The summed E-state index contributed by atoms with van der Waals surface area (Å²) in [7, 11) is 0. The molecule has 6 heteroatoms. The minimum Gasteiger partial charge on any atom is -0.392 e. The first-order valence-electron chi connectivity index (χ1n) is 4.49. The Morgan fingerprint density at radius 3 is 2.80 bits per heavy atom. The van der Waals surface area contributed by atoms with E-state index in [-0.39, 0.29) is 12.5 Å². The molecule has 15 heavy (non-hydrogen) atoms. The number of hydrogen-bond donors (Lipinski definition) is 1. The van der Waals surface area contributed by atoms with Crippen molar-refractivity contribution in [3.8, 4) is 0 Å². The van der Waals surface area contributed by atoms with Gasteiger partial charge in [0.25, 0.3) is 5.91 Å². The summed E-state index contributed by atoms with van der Waals surface area (Å²) >= 11 is 4.76. The van der Waals surface area contributed by atoms with Crippen molar-refractivity contribution in [2.24, 2.45) is 5.73 Å². The molecular formula is C9H12N4OS. The third kappa shape index (κ3) is 3.25. The highest BCUT2D eigenvalue weighted by Gasteiger charge is 2.14. The lowest BCUT2D eigenvalue weighted by atomic mass is 10.2. The fourth-order valence-electron chi connectivity index (χ4n) is 1.12. The van der Waals surface area contributed by atoms with Gasteiger partial charge < -0.3 is 10.6 Å². The van der Waals surface area contributed by atoms with Crippen LogP contribution in [0.3, 0.4) is 0 Å².